The summed E-state index contributed by atoms with van der Waals surface area (Å²) in [4.78, 5) is 39.2. The van der Waals surface area contributed by atoms with E-state index in [0.29, 0.717) is 23.9 Å². The van der Waals surface area contributed by atoms with Crippen molar-refractivity contribution in [2.75, 3.05) is 13.6 Å². The first kappa shape index (κ1) is 22.1. The molecule has 3 N–H and O–H groups in total. The van der Waals surface area contributed by atoms with Crippen LogP contribution in [0.25, 0.3) is 0 Å². The number of fused-ring (bicyclic) bond motifs is 1. The zero-order valence-corrected chi connectivity index (χ0v) is 18.5. The van der Waals surface area contributed by atoms with Gasteiger partial charge in [-0.05, 0) is 56.8 Å². The van der Waals surface area contributed by atoms with Gasteiger partial charge in [0.25, 0.3) is 0 Å². The van der Waals surface area contributed by atoms with Gasteiger partial charge in [-0.25, -0.2) is 4.79 Å². The van der Waals surface area contributed by atoms with Gasteiger partial charge in [-0.3, -0.25) is 14.9 Å². The van der Waals surface area contributed by atoms with E-state index in [4.69, 9.17) is 0 Å². The van der Waals surface area contributed by atoms with Gasteiger partial charge in [0.1, 0.15) is 0 Å². The molecule has 7 heteroatoms. The molecule has 164 valence electrons. The first-order valence-electron chi connectivity index (χ1n) is 11.3. The summed E-state index contributed by atoms with van der Waals surface area (Å²) in [6.07, 6.45) is 4.64. The molecule has 7 nitrogen and oxygen atoms in total. The largest absolute Gasteiger partial charge is 0.342 e. The topological polar surface area (TPSA) is 90.5 Å². The molecule has 2 saturated heterocycles. The molecule has 0 aromatic rings. The van der Waals surface area contributed by atoms with E-state index in [0.717, 1.165) is 38.6 Å². The zero-order valence-electron chi connectivity index (χ0n) is 18.5. The van der Waals surface area contributed by atoms with Crippen molar-refractivity contribution in [2.45, 2.75) is 77.9 Å². The normalized spacial score (nSPS) is 37.8. The number of nitrogens with zero attached hydrogens (tertiary/aromatic N) is 1. The van der Waals surface area contributed by atoms with Gasteiger partial charge in [-0.15, -0.1) is 0 Å². The van der Waals surface area contributed by atoms with E-state index in [1.807, 2.05) is 11.9 Å². The van der Waals surface area contributed by atoms with E-state index in [-0.39, 0.29) is 35.6 Å². The minimum absolute atomic E-state index is 0.0106. The molecule has 2 aliphatic heterocycles. The second-order valence-corrected chi connectivity index (χ2v) is 9.93. The third kappa shape index (κ3) is 4.93. The number of carbonyl (C=O) groups is 3. The van der Waals surface area contributed by atoms with E-state index in [1.165, 1.54) is 0 Å². The average Bonchev–Trinajstić information content (AvgIpc) is 2.66. The number of piperidine rings is 2. The molecule has 0 aromatic heterocycles. The highest BCUT2D eigenvalue weighted by Gasteiger charge is 2.47. The lowest BCUT2D eigenvalue weighted by molar-refractivity contribution is -0.148. The Morgan fingerprint density at radius 1 is 1.14 bits per heavy atom. The number of rotatable bonds is 3. The lowest BCUT2D eigenvalue weighted by atomic mass is 9.65. The first-order chi connectivity index (χ1) is 13.7. The lowest BCUT2D eigenvalue weighted by Gasteiger charge is -2.50. The van der Waals surface area contributed by atoms with Crippen LogP contribution in [0.5, 0.6) is 0 Å². The van der Waals surface area contributed by atoms with Crippen LogP contribution < -0.4 is 16.0 Å². The molecule has 3 fully saturated rings. The van der Waals surface area contributed by atoms with Crippen molar-refractivity contribution >= 4 is 17.8 Å². The molecule has 0 radical (unpaired) electrons. The Morgan fingerprint density at radius 3 is 2.55 bits per heavy atom. The minimum Gasteiger partial charge on any atom is -0.342 e. The van der Waals surface area contributed by atoms with Crippen LogP contribution in [-0.2, 0) is 9.59 Å². The summed E-state index contributed by atoms with van der Waals surface area (Å²) in [5.74, 6) is 1.04. The van der Waals surface area contributed by atoms with Crippen LogP contribution in [0.3, 0.4) is 0 Å². The smallest absolute Gasteiger partial charge is 0.321 e. The number of carbonyl (C=O) groups excluding carboxylic acids is 3. The fraction of sp³-hybridized carbons (Fsp3) is 0.864. The number of amides is 4. The van der Waals surface area contributed by atoms with Crippen LogP contribution in [0.1, 0.15) is 59.8 Å². The molecule has 3 aliphatic rings. The van der Waals surface area contributed by atoms with Crippen molar-refractivity contribution in [1.82, 2.24) is 20.9 Å². The minimum atomic E-state index is -0.417. The molecule has 0 bridgehead atoms. The zero-order chi connectivity index (χ0) is 21.3. The number of hydrogen-bond donors (Lipinski definition) is 3. The highest BCUT2D eigenvalue weighted by Crippen LogP contribution is 2.43. The fourth-order valence-corrected chi connectivity index (χ4v) is 5.58. The van der Waals surface area contributed by atoms with Crippen molar-refractivity contribution in [3.8, 4) is 0 Å². The van der Waals surface area contributed by atoms with Crippen molar-refractivity contribution in [3.63, 3.8) is 0 Å². The summed E-state index contributed by atoms with van der Waals surface area (Å²) in [6.45, 7) is 8.93. The van der Waals surface area contributed by atoms with Gasteiger partial charge in [0.2, 0.25) is 11.8 Å². The Morgan fingerprint density at radius 2 is 1.86 bits per heavy atom. The number of imide groups is 1. The molecule has 0 spiro atoms. The molecular weight excluding hydrogens is 368 g/mol. The van der Waals surface area contributed by atoms with Crippen LogP contribution in [0, 0.1) is 29.6 Å². The van der Waals surface area contributed by atoms with Gasteiger partial charge in [0.05, 0.1) is 0 Å². The lowest BCUT2D eigenvalue weighted by Crippen LogP contribution is -2.60. The third-order valence-corrected chi connectivity index (χ3v) is 7.46. The van der Waals surface area contributed by atoms with Gasteiger partial charge in [-0.2, -0.15) is 0 Å². The van der Waals surface area contributed by atoms with Crippen LogP contribution in [0.4, 0.5) is 4.79 Å². The second kappa shape index (κ2) is 9.02. The number of hydrogen-bond acceptors (Lipinski definition) is 4. The maximum atomic E-state index is 13.2. The fourth-order valence-electron chi connectivity index (χ4n) is 5.58. The van der Waals surface area contributed by atoms with Crippen LogP contribution in [0.15, 0.2) is 0 Å². The molecular formula is C22H38N4O3. The third-order valence-electron chi connectivity index (χ3n) is 7.46. The van der Waals surface area contributed by atoms with E-state index < -0.39 is 6.03 Å². The van der Waals surface area contributed by atoms with Crippen molar-refractivity contribution in [1.29, 1.82) is 0 Å². The van der Waals surface area contributed by atoms with Gasteiger partial charge in [0.15, 0.2) is 0 Å². The van der Waals surface area contributed by atoms with E-state index in [2.05, 4.69) is 29.8 Å². The summed E-state index contributed by atoms with van der Waals surface area (Å²) < 4.78 is 0. The molecule has 1 aliphatic carbocycles. The number of nitrogens with one attached hydrogen (secondary N) is 3. The van der Waals surface area contributed by atoms with Gasteiger partial charge >= 0.3 is 6.03 Å². The van der Waals surface area contributed by atoms with Crippen molar-refractivity contribution in [3.05, 3.63) is 0 Å². The second-order valence-electron chi connectivity index (χ2n) is 9.93. The average molecular weight is 407 g/mol. The molecule has 0 aromatic carbocycles. The highest BCUT2D eigenvalue weighted by atomic mass is 16.2. The predicted octanol–water partition coefficient (Wildman–Crippen LogP) is 2.12. The Kier molecular flexibility index (Phi) is 6.87. The van der Waals surface area contributed by atoms with E-state index in [9.17, 15) is 14.4 Å². The maximum Gasteiger partial charge on any atom is 0.321 e. The standard InChI is InChI=1S/C22H38N4O3/c1-12(2)20(27)25-22(29)24-16-7-6-13(3)17(10-16)18-9-15-11-23-14(4)8-19(15)26(5)21(18)28/h12-19,23H,6-11H2,1-5H3,(H2,24,25,27,29). The molecule has 1 saturated carbocycles. The highest BCUT2D eigenvalue weighted by molar-refractivity contribution is 5.95. The van der Waals surface area contributed by atoms with Crippen LogP contribution in [-0.4, -0.2) is 54.5 Å². The number of urea groups is 1. The monoisotopic (exact) mass is 406 g/mol. The Hall–Kier alpha value is -1.63. The van der Waals surface area contributed by atoms with Crippen LogP contribution >= 0.6 is 0 Å². The molecule has 7 unspecified atom stereocenters. The van der Waals surface area contributed by atoms with E-state index >= 15 is 0 Å². The Labute approximate surface area is 174 Å². The van der Waals surface area contributed by atoms with Crippen molar-refractivity contribution < 1.29 is 14.4 Å². The van der Waals surface area contributed by atoms with Crippen molar-refractivity contribution in [2.24, 2.45) is 29.6 Å². The van der Waals surface area contributed by atoms with Gasteiger partial charge in [0, 0.05) is 43.6 Å². The summed E-state index contributed by atoms with van der Waals surface area (Å²) in [5.41, 5.74) is 0. The summed E-state index contributed by atoms with van der Waals surface area (Å²) in [6, 6.07) is 0.393. The maximum absolute atomic E-state index is 13.2. The quantitative estimate of drug-likeness (QED) is 0.670. The molecule has 4 amide bonds. The Bertz CT molecular complexity index is 638. The molecule has 7 atom stereocenters. The van der Waals surface area contributed by atoms with Gasteiger partial charge in [-0.1, -0.05) is 20.8 Å². The molecule has 2 heterocycles. The summed E-state index contributed by atoms with van der Waals surface area (Å²) in [7, 11) is 1.97. The van der Waals surface area contributed by atoms with E-state index in [1.54, 1.807) is 13.8 Å². The predicted molar refractivity (Wildman–Crippen MR) is 112 cm³/mol. The number of likely N-dealkylation sites (tertiary alicyclic amines) is 1. The summed E-state index contributed by atoms with van der Waals surface area (Å²) in [5, 5.41) is 8.97. The first-order valence-corrected chi connectivity index (χ1v) is 11.3. The SMILES string of the molecule is CC1CC2C(CN1)CC(C1CC(NC(=O)NC(=O)C(C)C)CCC1C)C(=O)N2C. The van der Waals surface area contributed by atoms with Gasteiger partial charge < -0.3 is 15.5 Å². The molecule has 3 rings (SSSR count). The molecule has 29 heavy (non-hydrogen) atoms. The Balaban J connectivity index is 1.63. The summed E-state index contributed by atoms with van der Waals surface area (Å²) >= 11 is 0. The van der Waals surface area contributed by atoms with Crippen LogP contribution in [0.2, 0.25) is 0 Å².